The number of nitrogens with one attached hydrogen (secondary N) is 1. The molecule has 4 aliphatic rings. The van der Waals surface area contributed by atoms with Gasteiger partial charge in [-0.05, 0) is 56.4 Å². The molecule has 138 valence electrons. The zero-order chi connectivity index (χ0) is 17.7. The van der Waals surface area contributed by atoms with Crippen molar-refractivity contribution in [3.8, 4) is 17.2 Å². The minimum atomic E-state index is -0.446. The van der Waals surface area contributed by atoms with Gasteiger partial charge in [-0.25, -0.2) is 0 Å². The third-order valence-electron chi connectivity index (χ3n) is 6.47. The van der Waals surface area contributed by atoms with Crippen LogP contribution in [0.2, 0.25) is 0 Å². The highest BCUT2D eigenvalue weighted by Gasteiger charge is 2.56. The molecule has 2 atom stereocenters. The zero-order valence-corrected chi connectivity index (χ0v) is 15.4. The molecule has 4 aliphatic carbocycles. The van der Waals surface area contributed by atoms with Crippen molar-refractivity contribution in [3.05, 3.63) is 17.7 Å². The topological polar surface area (TPSA) is 60.0 Å². The molecule has 0 saturated heterocycles. The Labute approximate surface area is 149 Å². The standard InChI is InChI=1S/C20H29NO4/c1-23-16-5-4-15(17(24-2)18(16)25-3)11-21-19-7-13-6-14(8-19)10-20(22,9-13)12-19/h4-5,13-14,21-22H,6-12H2,1-3H3. The van der Waals surface area contributed by atoms with Gasteiger partial charge in [0, 0.05) is 17.6 Å². The normalized spacial score (nSPS) is 35.7. The number of methoxy groups -OCH3 is 3. The molecule has 0 aromatic heterocycles. The van der Waals surface area contributed by atoms with E-state index in [2.05, 4.69) is 5.32 Å². The largest absolute Gasteiger partial charge is 0.493 e. The van der Waals surface area contributed by atoms with Gasteiger partial charge in [0.05, 0.1) is 26.9 Å². The van der Waals surface area contributed by atoms with Crippen LogP contribution in [0.1, 0.15) is 44.1 Å². The van der Waals surface area contributed by atoms with E-state index in [1.165, 1.54) is 19.3 Å². The maximum Gasteiger partial charge on any atom is 0.203 e. The lowest BCUT2D eigenvalue weighted by atomic mass is 9.51. The summed E-state index contributed by atoms with van der Waals surface area (Å²) in [6.07, 6.45) is 6.52. The maximum atomic E-state index is 10.9. The Morgan fingerprint density at radius 1 is 1.00 bits per heavy atom. The van der Waals surface area contributed by atoms with Crippen LogP contribution in [0.25, 0.3) is 0 Å². The summed E-state index contributed by atoms with van der Waals surface area (Å²) in [6.45, 7) is 0.707. The van der Waals surface area contributed by atoms with Gasteiger partial charge in [-0.1, -0.05) is 6.07 Å². The highest BCUT2D eigenvalue weighted by Crippen LogP contribution is 2.57. The summed E-state index contributed by atoms with van der Waals surface area (Å²) < 4.78 is 16.5. The Balaban J connectivity index is 1.56. The van der Waals surface area contributed by atoms with Gasteiger partial charge in [-0.15, -0.1) is 0 Å². The summed E-state index contributed by atoms with van der Waals surface area (Å²) in [5.74, 6) is 3.37. The van der Waals surface area contributed by atoms with Gasteiger partial charge >= 0.3 is 0 Å². The van der Waals surface area contributed by atoms with Crippen LogP contribution in [-0.4, -0.2) is 37.6 Å². The lowest BCUT2D eigenvalue weighted by Crippen LogP contribution is -2.64. The molecule has 2 N–H and O–H groups in total. The van der Waals surface area contributed by atoms with E-state index in [1.54, 1.807) is 21.3 Å². The highest BCUT2D eigenvalue weighted by atomic mass is 16.5. The monoisotopic (exact) mass is 347 g/mol. The quantitative estimate of drug-likeness (QED) is 0.829. The third-order valence-corrected chi connectivity index (χ3v) is 6.47. The number of rotatable bonds is 6. The van der Waals surface area contributed by atoms with E-state index in [4.69, 9.17) is 14.2 Å². The molecule has 0 heterocycles. The van der Waals surface area contributed by atoms with E-state index < -0.39 is 5.60 Å². The molecule has 5 heteroatoms. The minimum absolute atomic E-state index is 0.0665. The Kier molecular flexibility index (Phi) is 4.12. The molecule has 0 aliphatic heterocycles. The van der Waals surface area contributed by atoms with Gasteiger partial charge in [0.1, 0.15) is 0 Å². The van der Waals surface area contributed by atoms with Crippen LogP contribution in [0.3, 0.4) is 0 Å². The van der Waals surface area contributed by atoms with Crippen LogP contribution >= 0.6 is 0 Å². The van der Waals surface area contributed by atoms with E-state index in [9.17, 15) is 5.11 Å². The summed E-state index contributed by atoms with van der Waals surface area (Å²) in [7, 11) is 4.92. The van der Waals surface area contributed by atoms with Gasteiger partial charge in [0.25, 0.3) is 0 Å². The Morgan fingerprint density at radius 3 is 2.24 bits per heavy atom. The van der Waals surface area contributed by atoms with Gasteiger partial charge < -0.3 is 24.6 Å². The van der Waals surface area contributed by atoms with E-state index in [0.717, 1.165) is 30.6 Å². The summed E-state index contributed by atoms with van der Waals surface area (Å²) >= 11 is 0. The number of ether oxygens (including phenoxy) is 3. The molecule has 5 rings (SSSR count). The fourth-order valence-corrected chi connectivity index (χ4v) is 6.01. The molecule has 1 aromatic rings. The number of hydrogen-bond acceptors (Lipinski definition) is 5. The molecule has 0 radical (unpaired) electrons. The third kappa shape index (κ3) is 2.87. The van der Waals surface area contributed by atoms with Crippen molar-refractivity contribution >= 4 is 0 Å². The second kappa shape index (κ2) is 6.06. The van der Waals surface area contributed by atoms with Crippen LogP contribution < -0.4 is 19.5 Å². The van der Waals surface area contributed by atoms with Gasteiger partial charge in [0.15, 0.2) is 11.5 Å². The molecule has 5 nitrogen and oxygen atoms in total. The summed E-state index contributed by atoms with van der Waals surface area (Å²) in [5, 5.41) is 14.7. The Bertz CT molecular complexity index is 645. The van der Waals surface area contributed by atoms with Crippen molar-refractivity contribution in [3.63, 3.8) is 0 Å². The fourth-order valence-electron chi connectivity index (χ4n) is 6.01. The predicted molar refractivity (Wildman–Crippen MR) is 95.3 cm³/mol. The van der Waals surface area contributed by atoms with Crippen molar-refractivity contribution in [2.45, 2.75) is 56.2 Å². The number of benzene rings is 1. The molecule has 4 fully saturated rings. The first-order valence-electron chi connectivity index (χ1n) is 9.25. The van der Waals surface area contributed by atoms with Crippen LogP contribution in [0.5, 0.6) is 17.2 Å². The van der Waals surface area contributed by atoms with Crippen molar-refractivity contribution < 1.29 is 19.3 Å². The molecule has 0 spiro atoms. The molecule has 25 heavy (non-hydrogen) atoms. The minimum Gasteiger partial charge on any atom is -0.493 e. The summed E-state index contributed by atoms with van der Waals surface area (Å²) in [5.41, 5.74) is 0.679. The Hall–Kier alpha value is -1.46. The summed E-state index contributed by atoms with van der Waals surface area (Å²) in [6, 6.07) is 3.95. The predicted octanol–water partition coefficient (Wildman–Crippen LogP) is 2.89. The first-order valence-corrected chi connectivity index (χ1v) is 9.25. The smallest absolute Gasteiger partial charge is 0.203 e. The van der Waals surface area contributed by atoms with Gasteiger partial charge in [-0.3, -0.25) is 0 Å². The Morgan fingerprint density at radius 2 is 1.68 bits per heavy atom. The molecule has 1 aromatic carbocycles. The average Bonchev–Trinajstić information content (AvgIpc) is 2.56. The van der Waals surface area contributed by atoms with E-state index >= 15 is 0 Å². The second-order valence-electron chi connectivity index (χ2n) is 8.31. The number of hydrogen-bond donors (Lipinski definition) is 2. The van der Waals surface area contributed by atoms with Crippen LogP contribution in [-0.2, 0) is 6.54 Å². The zero-order valence-electron chi connectivity index (χ0n) is 15.4. The lowest BCUT2D eigenvalue weighted by molar-refractivity contribution is -0.142. The second-order valence-corrected chi connectivity index (χ2v) is 8.31. The van der Waals surface area contributed by atoms with Gasteiger partial charge in [0.2, 0.25) is 5.75 Å². The fraction of sp³-hybridized carbons (Fsp3) is 0.700. The van der Waals surface area contributed by atoms with Crippen molar-refractivity contribution in [2.24, 2.45) is 11.8 Å². The SMILES string of the molecule is COc1ccc(CNC23CC4CC(CC(O)(C4)C2)C3)c(OC)c1OC. The highest BCUT2D eigenvalue weighted by molar-refractivity contribution is 5.55. The van der Waals surface area contributed by atoms with E-state index in [1.807, 2.05) is 12.1 Å². The molecule has 2 unspecified atom stereocenters. The lowest BCUT2D eigenvalue weighted by Gasteiger charge is -2.60. The van der Waals surface area contributed by atoms with Crippen molar-refractivity contribution in [1.82, 2.24) is 5.32 Å². The van der Waals surface area contributed by atoms with Crippen LogP contribution in [0.15, 0.2) is 12.1 Å². The molecular weight excluding hydrogens is 318 g/mol. The van der Waals surface area contributed by atoms with Crippen molar-refractivity contribution in [2.75, 3.05) is 21.3 Å². The molecular formula is C20H29NO4. The maximum absolute atomic E-state index is 10.9. The van der Waals surface area contributed by atoms with Crippen LogP contribution in [0, 0.1) is 11.8 Å². The average molecular weight is 347 g/mol. The van der Waals surface area contributed by atoms with Crippen LogP contribution in [0.4, 0.5) is 0 Å². The van der Waals surface area contributed by atoms with E-state index in [-0.39, 0.29) is 5.54 Å². The van der Waals surface area contributed by atoms with E-state index in [0.29, 0.717) is 29.9 Å². The first kappa shape index (κ1) is 17.0. The number of aliphatic hydroxyl groups is 1. The first-order chi connectivity index (χ1) is 12.0. The van der Waals surface area contributed by atoms with Crippen molar-refractivity contribution in [1.29, 1.82) is 0 Å². The summed E-state index contributed by atoms with van der Waals surface area (Å²) in [4.78, 5) is 0. The van der Waals surface area contributed by atoms with Gasteiger partial charge in [-0.2, -0.15) is 0 Å². The molecule has 4 bridgehead atoms. The molecule has 0 amide bonds. The molecule has 4 saturated carbocycles.